The summed E-state index contributed by atoms with van der Waals surface area (Å²) >= 11 is 2.17. The summed E-state index contributed by atoms with van der Waals surface area (Å²) in [4.78, 5) is 10.4. The van der Waals surface area contributed by atoms with Crippen molar-refractivity contribution in [3.8, 4) is 0 Å². The van der Waals surface area contributed by atoms with Gasteiger partial charge in [0.05, 0.1) is 4.92 Å². The van der Waals surface area contributed by atoms with Gasteiger partial charge in [-0.05, 0) is 53.3 Å². The Kier molecular flexibility index (Phi) is 5.23. The first-order valence-electron chi connectivity index (χ1n) is 7.19. The SMILES string of the molecule is CC(C)C1CCCCC1Nc1ccc([N+](=O)[O-])cc1I. The maximum atomic E-state index is 10.8. The zero-order chi connectivity index (χ0) is 14.7. The molecule has 1 aromatic rings. The van der Waals surface area contributed by atoms with Crippen molar-refractivity contribution >= 4 is 34.0 Å². The van der Waals surface area contributed by atoms with Gasteiger partial charge >= 0.3 is 0 Å². The molecule has 0 aliphatic heterocycles. The first-order valence-corrected chi connectivity index (χ1v) is 8.27. The normalized spacial score (nSPS) is 22.8. The van der Waals surface area contributed by atoms with Gasteiger partial charge in [0.1, 0.15) is 0 Å². The highest BCUT2D eigenvalue weighted by Gasteiger charge is 2.27. The third-order valence-electron chi connectivity index (χ3n) is 4.18. The van der Waals surface area contributed by atoms with Gasteiger partial charge < -0.3 is 5.32 Å². The molecule has 2 rings (SSSR count). The number of nitro benzene ring substituents is 1. The quantitative estimate of drug-likeness (QED) is 0.457. The molecule has 0 spiro atoms. The molecule has 1 aromatic carbocycles. The van der Waals surface area contributed by atoms with Gasteiger partial charge in [0.15, 0.2) is 0 Å². The summed E-state index contributed by atoms with van der Waals surface area (Å²) in [7, 11) is 0. The van der Waals surface area contributed by atoms with Crippen LogP contribution in [-0.2, 0) is 0 Å². The number of benzene rings is 1. The van der Waals surface area contributed by atoms with Crippen LogP contribution in [-0.4, -0.2) is 11.0 Å². The zero-order valence-corrected chi connectivity index (χ0v) is 14.1. The van der Waals surface area contributed by atoms with Crippen LogP contribution in [0.15, 0.2) is 18.2 Å². The monoisotopic (exact) mass is 388 g/mol. The predicted octanol–water partition coefficient (Wildman–Crippen LogP) is 4.83. The Balaban J connectivity index is 2.14. The molecule has 0 amide bonds. The van der Waals surface area contributed by atoms with Gasteiger partial charge in [-0.2, -0.15) is 0 Å². The van der Waals surface area contributed by atoms with E-state index in [0.29, 0.717) is 17.9 Å². The average Bonchev–Trinajstić information content (AvgIpc) is 2.41. The Hall–Kier alpha value is -0.850. The molecule has 0 radical (unpaired) electrons. The minimum atomic E-state index is -0.344. The Morgan fingerprint density at radius 2 is 2.05 bits per heavy atom. The number of hydrogen-bond donors (Lipinski definition) is 1. The summed E-state index contributed by atoms with van der Waals surface area (Å²) < 4.78 is 0.921. The van der Waals surface area contributed by atoms with Crippen molar-refractivity contribution in [3.05, 3.63) is 31.9 Å². The van der Waals surface area contributed by atoms with Gasteiger partial charge in [0, 0.05) is 27.4 Å². The van der Waals surface area contributed by atoms with E-state index in [0.717, 1.165) is 9.26 Å². The number of rotatable bonds is 4. The molecule has 0 aromatic heterocycles. The highest BCUT2D eigenvalue weighted by Crippen LogP contribution is 2.33. The van der Waals surface area contributed by atoms with E-state index in [9.17, 15) is 10.1 Å². The molecule has 4 nitrogen and oxygen atoms in total. The van der Waals surface area contributed by atoms with E-state index in [4.69, 9.17) is 0 Å². The minimum Gasteiger partial charge on any atom is -0.381 e. The van der Waals surface area contributed by atoms with Crippen LogP contribution in [0.25, 0.3) is 0 Å². The number of nitrogens with one attached hydrogen (secondary N) is 1. The number of halogens is 1. The van der Waals surface area contributed by atoms with E-state index < -0.39 is 0 Å². The fraction of sp³-hybridized carbons (Fsp3) is 0.600. The second kappa shape index (κ2) is 6.74. The molecule has 1 aliphatic carbocycles. The van der Waals surface area contributed by atoms with Crippen LogP contribution >= 0.6 is 22.6 Å². The lowest BCUT2D eigenvalue weighted by atomic mass is 9.78. The van der Waals surface area contributed by atoms with Gasteiger partial charge in [-0.15, -0.1) is 0 Å². The Morgan fingerprint density at radius 3 is 2.65 bits per heavy atom. The standard InChI is InChI=1S/C15H21IN2O2/c1-10(2)12-5-3-4-6-14(12)17-15-8-7-11(18(19)20)9-13(15)16/h7-10,12,14,17H,3-6H2,1-2H3. The summed E-state index contributed by atoms with van der Waals surface area (Å²) in [6.07, 6.45) is 5.05. The third kappa shape index (κ3) is 3.62. The Morgan fingerprint density at radius 1 is 1.35 bits per heavy atom. The smallest absolute Gasteiger partial charge is 0.270 e. The lowest BCUT2D eigenvalue weighted by Gasteiger charge is -2.35. The number of nitrogens with zero attached hydrogens (tertiary/aromatic N) is 1. The molecule has 0 bridgehead atoms. The molecule has 1 fully saturated rings. The molecule has 2 atom stereocenters. The van der Waals surface area contributed by atoms with Gasteiger partial charge in [-0.3, -0.25) is 10.1 Å². The number of nitro groups is 1. The summed E-state index contributed by atoms with van der Waals surface area (Å²) in [6.45, 7) is 4.57. The van der Waals surface area contributed by atoms with E-state index in [-0.39, 0.29) is 10.6 Å². The molecular formula is C15H21IN2O2. The summed E-state index contributed by atoms with van der Waals surface area (Å²) in [6, 6.07) is 5.54. The van der Waals surface area contributed by atoms with Gasteiger partial charge in [0.25, 0.3) is 5.69 Å². The van der Waals surface area contributed by atoms with Crippen molar-refractivity contribution in [3.63, 3.8) is 0 Å². The van der Waals surface area contributed by atoms with Crippen LogP contribution in [0.2, 0.25) is 0 Å². The highest BCUT2D eigenvalue weighted by atomic mass is 127. The number of hydrogen-bond acceptors (Lipinski definition) is 3. The van der Waals surface area contributed by atoms with E-state index in [1.807, 2.05) is 6.07 Å². The molecule has 110 valence electrons. The molecule has 1 aliphatic rings. The van der Waals surface area contributed by atoms with Crippen molar-refractivity contribution < 1.29 is 4.92 Å². The second-order valence-corrected chi connectivity index (χ2v) is 7.03. The maximum absolute atomic E-state index is 10.8. The molecule has 20 heavy (non-hydrogen) atoms. The fourth-order valence-electron chi connectivity index (χ4n) is 3.07. The molecule has 5 heteroatoms. The third-order valence-corrected chi connectivity index (χ3v) is 5.07. The van der Waals surface area contributed by atoms with Crippen LogP contribution < -0.4 is 5.32 Å². The topological polar surface area (TPSA) is 55.2 Å². The van der Waals surface area contributed by atoms with E-state index in [1.54, 1.807) is 12.1 Å². The summed E-state index contributed by atoms with van der Waals surface area (Å²) in [5.41, 5.74) is 1.18. The Bertz CT molecular complexity index is 491. The largest absolute Gasteiger partial charge is 0.381 e. The van der Waals surface area contributed by atoms with Crippen molar-refractivity contribution in [1.29, 1.82) is 0 Å². The summed E-state index contributed by atoms with van der Waals surface area (Å²) in [5, 5.41) is 14.4. The van der Waals surface area contributed by atoms with Crippen molar-refractivity contribution in [2.45, 2.75) is 45.6 Å². The van der Waals surface area contributed by atoms with Crippen LogP contribution in [0.4, 0.5) is 11.4 Å². The number of anilines is 1. The van der Waals surface area contributed by atoms with Gasteiger partial charge in [-0.1, -0.05) is 26.7 Å². The first kappa shape index (κ1) is 15.5. The van der Waals surface area contributed by atoms with Crippen LogP contribution in [0, 0.1) is 25.5 Å². The minimum absolute atomic E-state index is 0.156. The Labute approximate surface area is 133 Å². The van der Waals surface area contributed by atoms with Crippen molar-refractivity contribution in [2.75, 3.05) is 5.32 Å². The maximum Gasteiger partial charge on any atom is 0.270 e. The molecule has 0 saturated heterocycles. The lowest BCUT2D eigenvalue weighted by Crippen LogP contribution is -2.35. The van der Waals surface area contributed by atoms with E-state index in [1.165, 1.54) is 25.7 Å². The second-order valence-electron chi connectivity index (χ2n) is 5.86. The zero-order valence-electron chi connectivity index (χ0n) is 11.9. The van der Waals surface area contributed by atoms with Crippen molar-refractivity contribution in [1.82, 2.24) is 0 Å². The van der Waals surface area contributed by atoms with Crippen LogP contribution in [0.1, 0.15) is 39.5 Å². The lowest BCUT2D eigenvalue weighted by molar-refractivity contribution is -0.384. The number of non-ortho nitro benzene ring substituents is 1. The molecule has 1 saturated carbocycles. The molecule has 0 heterocycles. The van der Waals surface area contributed by atoms with E-state index in [2.05, 4.69) is 41.8 Å². The summed E-state index contributed by atoms with van der Waals surface area (Å²) in [5.74, 6) is 1.36. The molecule has 1 N–H and O–H groups in total. The first-order chi connectivity index (χ1) is 9.49. The van der Waals surface area contributed by atoms with Gasteiger partial charge in [-0.25, -0.2) is 0 Å². The van der Waals surface area contributed by atoms with Crippen LogP contribution in [0.3, 0.4) is 0 Å². The predicted molar refractivity (Wildman–Crippen MR) is 90.0 cm³/mol. The molecule has 2 unspecified atom stereocenters. The average molecular weight is 388 g/mol. The van der Waals surface area contributed by atoms with E-state index >= 15 is 0 Å². The highest BCUT2D eigenvalue weighted by molar-refractivity contribution is 14.1. The van der Waals surface area contributed by atoms with Crippen LogP contribution in [0.5, 0.6) is 0 Å². The van der Waals surface area contributed by atoms with Gasteiger partial charge in [0.2, 0.25) is 0 Å². The van der Waals surface area contributed by atoms with Crippen molar-refractivity contribution in [2.24, 2.45) is 11.8 Å². The molecular weight excluding hydrogens is 367 g/mol. The fourth-order valence-corrected chi connectivity index (χ4v) is 3.73.